The van der Waals surface area contributed by atoms with Gasteiger partial charge in [0, 0.05) is 12.8 Å². The van der Waals surface area contributed by atoms with Gasteiger partial charge in [0.1, 0.15) is 12.6 Å². The van der Waals surface area contributed by atoms with Crippen LogP contribution in [0.4, 0.5) is 0 Å². The molecule has 0 radical (unpaired) electrons. The molecule has 5 N–H and O–H groups in total. The largest absolute Gasteiger partial charge is 0.480 e. The molecule has 0 aromatic carbocycles. The Hall–Kier alpha value is -2.86. The summed E-state index contributed by atoms with van der Waals surface area (Å²) in [5.41, 5.74) is 5.33. The van der Waals surface area contributed by atoms with Crippen molar-refractivity contribution in [1.82, 2.24) is 0 Å². The molecule has 0 aliphatic carbocycles. The maximum atomic E-state index is 12.6. The zero-order valence-corrected chi connectivity index (χ0v) is 37.3. The SMILES string of the molecule is CCCCCCCC/C=C\CCCCCCCCCC(=O)OC[C@H](COP(=O)(O)OC[C@H](N)C(=O)O)OC(=O)CCC/C=C\C/C=C\C/C=C\C=C\[C@@H](O)CCCCC. The number of phosphoric ester groups is 1. The smallest absolute Gasteiger partial charge is 0.472 e. The van der Waals surface area contributed by atoms with E-state index in [0.717, 1.165) is 64.2 Å². The Kier molecular flexibility index (Phi) is 38.6. The summed E-state index contributed by atoms with van der Waals surface area (Å²) in [6.07, 6.45) is 43.3. The van der Waals surface area contributed by atoms with Gasteiger partial charge < -0.3 is 30.3 Å². The molecule has 0 aliphatic rings. The number of ether oxygens (including phenoxy) is 2. The number of hydrogen-bond donors (Lipinski definition) is 4. The third kappa shape index (κ3) is 40.3. The molecule has 0 bridgehead atoms. The maximum absolute atomic E-state index is 12.6. The summed E-state index contributed by atoms with van der Waals surface area (Å²) in [6, 6.07) is -1.54. The van der Waals surface area contributed by atoms with Crippen molar-refractivity contribution in [3.63, 3.8) is 0 Å². The number of carboxylic acid groups (broad SMARTS) is 1. The van der Waals surface area contributed by atoms with E-state index in [1.54, 1.807) is 0 Å². The fraction of sp³-hybridized carbons (Fsp3) is 0.717. The highest BCUT2D eigenvalue weighted by atomic mass is 31.2. The highest BCUT2D eigenvalue weighted by Crippen LogP contribution is 2.43. The number of aliphatic hydroxyl groups excluding tert-OH is 1. The first-order chi connectivity index (χ1) is 28.5. The van der Waals surface area contributed by atoms with Gasteiger partial charge in [-0.05, 0) is 64.2 Å². The number of hydrogen-bond acceptors (Lipinski definition) is 10. The lowest BCUT2D eigenvalue weighted by atomic mass is 10.1. The molecule has 13 heteroatoms. The van der Waals surface area contributed by atoms with Gasteiger partial charge in [-0.2, -0.15) is 0 Å². The molecule has 340 valence electrons. The summed E-state index contributed by atoms with van der Waals surface area (Å²) in [4.78, 5) is 46.0. The molecular formula is C46H80NO11P. The molecule has 0 spiro atoms. The molecule has 12 nitrogen and oxygen atoms in total. The number of nitrogens with two attached hydrogens (primary N) is 1. The minimum Gasteiger partial charge on any atom is -0.480 e. The molecule has 4 atom stereocenters. The maximum Gasteiger partial charge on any atom is 0.472 e. The minimum atomic E-state index is -4.75. The number of rotatable bonds is 41. The van der Waals surface area contributed by atoms with Gasteiger partial charge in [-0.25, -0.2) is 4.57 Å². The molecule has 0 fully saturated rings. The summed E-state index contributed by atoms with van der Waals surface area (Å²) < 4.78 is 32.6. The Morgan fingerprint density at radius 2 is 1.12 bits per heavy atom. The predicted octanol–water partition coefficient (Wildman–Crippen LogP) is 10.9. The third-order valence-corrected chi connectivity index (χ3v) is 10.3. The number of aliphatic carboxylic acids is 1. The van der Waals surface area contributed by atoms with Crippen molar-refractivity contribution in [3.8, 4) is 0 Å². The molecule has 0 aliphatic heterocycles. The first-order valence-corrected chi connectivity index (χ1v) is 23.9. The van der Waals surface area contributed by atoms with Crippen LogP contribution >= 0.6 is 7.82 Å². The Labute approximate surface area is 356 Å². The standard InChI is InChI=1S/C46H80NO11P/c1-3-5-7-8-9-10-11-12-13-14-15-16-19-22-25-28-32-36-44(49)55-38-42(39-56-59(53,54)57-40-43(47)46(51)52)58-45(50)37-33-29-26-23-20-17-18-21-24-27-31-35-41(48)34-30-6-4-2/h12-13,17-18,23-24,26-27,31,35,41-43,48H,3-11,14-16,19-22,25,28-30,32-34,36-40,47H2,1-2H3,(H,51,52)(H,53,54)/b13-12-,18-17-,26-23-,27-24-,35-31+/t41-,42+,43-/m0/s1. The number of carboxylic acids is 1. The number of carbonyl (C=O) groups excluding carboxylic acids is 2. The van der Waals surface area contributed by atoms with Crippen LogP contribution in [0.3, 0.4) is 0 Å². The van der Waals surface area contributed by atoms with Gasteiger partial charge in [0.05, 0.1) is 19.3 Å². The molecule has 0 aromatic rings. The Morgan fingerprint density at radius 1 is 0.610 bits per heavy atom. The van der Waals surface area contributed by atoms with E-state index in [2.05, 4.69) is 36.6 Å². The first kappa shape index (κ1) is 56.1. The Balaban J connectivity index is 4.49. The van der Waals surface area contributed by atoms with E-state index in [-0.39, 0.29) is 19.4 Å². The average Bonchev–Trinajstić information content (AvgIpc) is 3.20. The number of unbranched alkanes of at least 4 members (excludes halogenated alkanes) is 16. The Morgan fingerprint density at radius 3 is 1.76 bits per heavy atom. The van der Waals surface area contributed by atoms with E-state index >= 15 is 0 Å². The number of allylic oxidation sites excluding steroid dienone is 9. The zero-order valence-electron chi connectivity index (χ0n) is 36.4. The van der Waals surface area contributed by atoms with E-state index in [1.807, 2.05) is 42.5 Å². The second kappa shape index (κ2) is 40.5. The fourth-order valence-corrected chi connectivity index (χ4v) is 6.53. The minimum absolute atomic E-state index is 0.0624. The summed E-state index contributed by atoms with van der Waals surface area (Å²) in [6.45, 7) is 2.60. The van der Waals surface area contributed by atoms with Crippen LogP contribution in [0.1, 0.15) is 174 Å². The van der Waals surface area contributed by atoms with Crippen molar-refractivity contribution < 1.29 is 52.6 Å². The lowest BCUT2D eigenvalue weighted by molar-refractivity contribution is -0.161. The molecule has 0 heterocycles. The van der Waals surface area contributed by atoms with Gasteiger partial charge in [-0.3, -0.25) is 23.4 Å². The van der Waals surface area contributed by atoms with Crippen molar-refractivity contribution in [1.29, 1.82) is 0 Å². The zero-order chi connectivity index (χ0) is 43.7. The monoisotopic (exact) mass is 854 g/mol. The van der Waals surface area contributed by atoms with Crippen molar-refractivity contribution in [2.24, 2.45) is 5.73 Å². The Bertz CT molecular complexity index is 1250. The van der Waals surface area contributed by atoms with Crippen LogP contribution in [0, 0.1) is 0 Å². The van der Waals surface area contributed by atoms with E-state index in [1.165, 1.54) is 64.2 Å². The third-order valence-electron chi connectivity index (χ3n) is 9.34. The van der Waals surface area contributed by atoms with Gasteiger partial charge in [0.2, 0.25) is 0 Å². The van der Waals surface area contributed by atoms with Crippen LogP contribution in [-0.2, 0) is 37.5 Å². The van der Waals surface area contributed by atoms with E-state index < -0.39 is 57.2 Å². The molecule has 0 saturated heterocycles. The van der Waals surface area contributed by atoms with Crippen molar-refractivity contribution in [2.45, 2.75) is 193 Å². The molecular weight excluding hydrogens is 773 g/mol. The second-order valence-electron chi connectivity index (χ2n) is 15.0. The van der Waals surface area contributed by atoms with E-state index in [4.69, 9.17) is 24.8 Å². The molecule has 0 rings (SSSR count). The lowest BCUT2D eigenvalue weighted by Crippen LogP contribution is -2.34. The molecule has 59 heavy (non-hydrogen) atoms. The number of carbonyl (C=O) groups is 3. The molecule has 0 saturated carbocycles. The van der Waals surface area contributed by atoms with Gasteiger partial charge in [-0.15, -0.1) is 0 Å². The normalized spacial score (nSPS) is 14.8. The number of phosphoric acid groups is 1. The van der Waals surface area contributed by atoms with Crippen LogP contribution in [0.5, 0.6) is 0 Å². The number of aliphatic hydroxyl groups is 1. The van der Waals surface area contributed by atoms with Crippen LogP contribution in [0.25, 0.3) is 0 Å². The fourth-order valence-electron chi connectivity index (χ4n) is 5.75. The molecule has 0 amide bonds. The van der Waals surface area contributed by atoms with Gasteiger partial charge in [0.25, 0.3) is 0 Å². The van der Waals surface area contributed by atoms with Crippen molar-refractivity contribution >= 4 is 25.7 Å². The quantitative estimate of drug-likeness (QED) is 0.0150. The topological polar surface area (TPSA) is 192 Å². The first-order valence-electron chi connectivity index (χ1n) is 22.4. The summed E-state index contributed by atoms with van der Waals surface area (Å²) >= 11 is 0. The molecule has 1 unspecified atom stereocenters. The average molecular weight is 854 g/mol. The van der Waals surface area contributed by atoms with Crippen molar-refractivity contribution in [3.05, 3.63) is 60.8 Å². The number of esters is 2. The van der Waals surface area contributed by atoms with Crippen molar-refractivity contribution in [2.75, 3.05) is 19.8 Å². The highest BCUT2D eigenvalue weighted by Gasteiger charge is 2.28. The van der Waals surface area contributed by atoms with Crippen LogP contribution < -0.4 is 5.73 Å². The summed E-state index contributed by atoms with van der Waals surface area (Å²) in [5, 5.41) is 18.8. The van der Waals surface area contributed by atoms with Gasteiger partial charge in [0.15, 0.2) is 6.10 Å². The van der Waals surface area contributed by atoms with Crippen LogP contribution in [0.15, 0.2) is 60.8 Å². The van der Waals surface area contributed by atoms with E-state index in [0.29, 0.717) is 19.3 Å². The van der Waals surface area contributed by atoms with Crippen LogP contribution in [0.2, 0.25) is 0 Å². The van der Waals surface area contributed by atoms with Gasteiger partial charge in [-0.1, -0.05) is 158 Å². The van der Waals surface area contributed by atoms with E-state index in [9.17, 15) is 28.9 Å². The molecule has 0 aromatic heterocycles. The highest BCUT2D eigenvalue weighted by molar-refractivity contribution is 7.47. The summed E-state index contributed by atoms with van der Waals surface area (Å²) in [5.74, 6) is -2.49. The second-order valence-corrected chi connectivity index (χ2v) is 16.5. The van der Waals surface area contributed by atoms with Crippen LogP contribution in [-0.4, -0.2) is 71.1 Å². The van der Waals surface area contributed by atoms with Gasteiger partial charge >= 0.3 is 25.7 Å². The summed E-state index contributed by atoms with van der Waals surface area (Å²) in [7, 11) is -4.75. The predicted molar refractivity (Wildman–Crippen MR) is 237 cm³/mol. The lowest BCUT2D eigenvalue weighted by Gasteiger charge is -2.20.